The number of hydrogen-bond donors (Lipinski definition) is 2. The van der Waals surface area contributed by atoms with Gasteiger partial charge in [-0.25, -0.2) is 13.2 Å². The summed E-state index contributed by atoms with van der Waals surface area (Å²) in [5, 5.41) is 12.6. The number of methoxy groups -OCH3 is 1. The zero-order valence-electron chi connectivity index (χ0n) is 16.2. The predicted octanol–water partition coefficient (Wildman–Crippen LogP) is 3.26. The quantitative estimate of drug-likeness (QED) is 0.531. The Morgan fingerprint density at radius 3 is 2.43 bits per heavy atom. The van der Waals surface area contributed by atoms with E-state index in [0.29, 0.717) is 13.1 Å². The number of sulfonamides is 1. The smallest absolute Gasteiger partial charge is 0.337 e. The maximum atomic E-state index is 12.9. The molecule has 1 fully saturated rings. The second-order valence-electron chi connectivity index (χ2n) is 6.78. The molecule has 160 valence electrons. The molecule has 1 aliphatic heterocycles. The lowest BCUT2D eigenvalue weighted by molar-refractivity contribution is 0.0600. The number of amides is 1. The van der Waals surface area contributed by atoms with E-state index in [1.165, 1.54) is 41.7 Å². The van der Waals surface area contributed by atoms with Crippen LogP contribution in [0.2, 0.25) is 5.02 Å². The van der Waals surface area contributed by atoms with Crippen LogP contribution in [0.25, 0.3) is 0 Å². The third-order valence-electron chi connectivity index (χ3n) is 4.80. The van der Waals surface area contributed by atoms with E-state index in [9.17, 15) is 23.1 Å². The highest BCUT2D eigenvalue weighted by atomic mass is 35.5. The molecule has 2 aromatic rings. The number of esters is 1. The normalized spacial score (nSPS) is 14.9. The number of ether oxygens (including phenoxy) is 1. The number of rotatable bonds is 5. The number of hydrogen-bond acceptors (Lipinski definition) is 6. The first kappa shape index (κ1) is 22.1. The van der Waals surface area contributed by atoms with Crippen LogP contribution in [0.5, 0.6) is 5.75 Å². The number of halogens is 1. The molecule has 3 rings (SSSR count). The minimum Gasteiger partial charge on any atom is -0.506 e. The standard InChI is InChI=1S/C20H21ClN2O6S/c1-29-20(26)13-5-8-17(18(24)11-13)22-19(25)15-12-14(6-7-16(15)21)30(27,28)23-9-3-2-4-10-23/h5-8,11-12,24H,2-4,9-10H2,1H3,(H,22,25). The Kier molecular flexibility index (Phi) is 6.64. The van der Waals surface area contributed by atoms with Crippen molar-refractivity contribution in [3.63, 3.8) is 0 Å². The van der Waals surface area contributed by atoms with Crippen LogP contribution in [-0.2, 0) is 14.8 Å². The van der Waals surface area contributed by atoms with Crippen LogP contribution in [0, 0.1) is 0 Å². The van der Waals surface area contributed by atoms with Crippen molar-refractivity contribution in [2.24, 2.45) is 0 Å². The van der Waals surface area contributed by atoms with Gasteiger partial charge in [0, 0.05) is 13.1 Å². The number of aromatic hydroxyl groups is 1. The maximum Gasteiger partial charge on any atom is 0.337 e. The molecule has 1 aliphatic rings. The van der Waals surface area contributed by atoms with Crippen LogP contribution in [0.3, 0.4) is 0 Å². The number of phenols is 1. The Labute approximate surface area is 179 Å². The fourth-order valence-electron chi connectivity index (χ4n) is 3.16. The minimum atomic E-state index is -3.74. The van der Waals surface area contributed by atoms with E-state index in [-0.39, 0.29) is 32.5 Å². The second kappa shape index (κ2) is 9.03. The van der Waals surface area contributed by atoms with Crippen LogP contribution in [0.15, 0.2) is 41.3 Å². The Bertz CT molecular complexity index is 1080. The SMILES string of the molecule is COC(=O)c1ccc(NC(=O)c2cc(S(=O)(=O)N3CCCCC3)ccc2Cl)c(O)c1. The van der Waals surface area contributed by atoms with E-state index in [1.54, 1.807) is 0 Å². The molecule has 30 heavy (non-hydrogen) atoms. The van der Waals surface area contributed by atoms with E-state index >= 15 is 0 Å². The van der Waals surface area contributed by atoms with Gasteiger partial charge in [0.1, 0.15) is 5.75 Å². The van der Waals surface area contributed by atoms with Crippen LogP contribution < -0.4 is 5.32 Å². The van der Waals surface area contributed by atoms with Crippen LogP contribution in [-0.4, -0.2) is 49.9 Å². The van der Waals surface area contributed by atoms with Crippen molar-refractivity contribution in [2.75, 3.05) is 25.5 Å². The molecule has 0 spiro atoms. The molecule has 0 aromatic heterocycles. The van der Waals surface area contributed by atoms with Gasteiger partial charge in [0.25, 0.3) is 5.91 Å². The average molecular weight is 453 g/mol. The van der Waals surface area contributed by atoms with E-state index in [2.05, 4.69) is 10.1 Å². The molecule has 0 saturated carbocycles. The van der Waals surface area contributed by atoms with Crippen LogP contribution >= 0.6 is 11.6 Å². The van der Waals surface area contributed by atoms with Gasteiger partial charge in [-0.1, -0.05) is 18.0 Å². The Balaban J connectivity index is 1.86. The highest BCUT2D eigenvalue weighted by Crippen LogP contribution is 2.28. The fourth-order valence-corrected chi connectivity index (χ4v) is 4.91. The van der Waals surface area contributed by atoms with Crippen LogP contribution in [0.4, 0.5) is 5.69 Å². The summed E-state index contributed by atoms with van der Waals surface area (Å²) in [6, 6.07) is 7.81. The summed E-state index contributed by atoms with van der Waals surface area (Å²) in [5.74, 6) is -1.68. The molecule has 0 atom stereocenters. The van der Waals surface area contributed by atoms with Gasteiger partial charge in [-0.15, -0.1) is 0 Å². The van der Waals surface area contributed by atoms with Crippen molar-refractivity contribution in [3.05, 3.63) is 52.5 Å². The van der Waals surface area contributed by atoms with Crippen molar-refractivity contribution in [3.8, 4) is 5.75 Å². The lowest BCUT2D eigenvalue weighted by Gasteiger charge is -2.26. The Morgan fingerprint density at radius 2 is 1.80 bits per heavy atom. The van der Waals surface area contributed by atoms with E-state index in [0.717, 1.165) is 25.3 Å². The Morgan fingerprint density at radius 1 is 1.10 bits per heavy atom. The zero-order valence-corrected chi connectivity index (χ0v) is 17.8. The topological polar surface area (TPSA) is 113 Å². The number of piperidine rings is 1. The van der Waals surface area contributed by atoms with Gasteiger partial charge in [-0.3, -0.25) is 4.79 Å². The number of anilines is 1. The lowest BCUT2D eigenvalue weighted by Crippen LogP contribution is -2.35. The number of nitrogens with one attached hydrogen (secondary N) is 1. The van der Waals surface area contributed by atoms with Gasteiger partial charge in [-0.05, 0) is 49.2 Å². The third-order valence-corrected chi connectivity index (χ3v) is 7.03. The first-order chi connectivity index (χ1) is 14.2. The van der Waals surface area contributed by atoms with E-state index in [4.69, 9.17) is 11.6 Å². The lowest BCUT2D eigenvalue weighted by atomic mass is 10.1. The largest absolute Gasteiger partial charge is 0.506 e. The molecular weight excluding hydrogens is 432 g/mol. The van der Waals surface area contributed by atoms with Gasteiger partial charge < -0.3 is 15.2 Å². The maximum absolute atomic E-state index is 12.9. The van der Waals surface area contributed by atoms with Gasteiger partial charge in [-0.2, -0.15) is 4.31 Å². The van der Waals surface area contributed by atoms with Gasteiger partial charge in [0.2, 0.25) is 10.0 Å². The zero-order chi connectivity index (χ0) is 21.9. The molecule has 0 aliphatic carbocycles. The molecule has 8 nitrogen and oxygen atoms in total. The molecule has 0 unspecified atom stereocenters. The summed E-state index contributed by atoms with van der Waals surface area (Å²) in [4.78, 5) is 24.2. The summed E-state index contributed by atoms with van der Waals surface area (Å²) < 4.78 is 31.7. The third kappa shape index (κ3) is 4.58. The number of carbonyl (C=O) groups is 2. The molecule has 1 amide bonds. The van der Waals surface area contributed by atoms with Crippen molar-refractivity contribution < 1.29 is 27.9 Å². The fraction of sp³-hybridized carbons (Fsp3) is 0.300. The monoisotopic (exact) mass is 452 g/mol. The van der Waals surface area contributed by atoms with Crippen molar-refractivity contribution >= 4 is 39.2 Å². The average Bonchev–Trinajstić information content (AvgIpc) is 2.75. The van der Waals surface area contributed by atoms with Crippen molar-refractivity contribution in [2.45, 2.75) is 24.2 Å². The van der Waals surface area contributed by atoms with E-state index < -0.39 is 21.9 Å². The van der Waals surface area contributed by atoms with E-state index in [1.807, 2.05) is 0 Å². The number of carbonyl (C=O) groups excluding carboxylic acids is 2. The molecule has 1 heterocycles. The van der Waals surface area contributed by atoms with Crippen molar-refractivity contribution in [1.82, 2.24) is 4.31 Å². The molecular formula is C20H21ClN2O6S. The first-order valence-corrected chi connectivity index (χ1v) is 11.1. The number of benzene rings is 2. The van der Waals surface area contributed by atoms with Crippen LogP contribution in [0.1, 0.15) is 40.0 Å². The summed E-state index contributed by atoms with van der Waals surface area (Å²) in [6.07, 6.45) is 2.57. The highest BCUT2D eigenvalue weighted by molar-refractivity contribution is 7.89. The summed E-state index contributed by atoms with van der Waals surface area (Å²) in [6.45, 7) is 0.875. The summed E-state index contributed by atoms with van der Waals surface area (Å²) in [5.41, 5.74) is 0.0971. The predicted molar refractivity (Wildman–Crippen MR) is 111 cm³/mol. The summed E-state index contributed by atoms with van der Waals surface area (Å²) >= 11 is 6.13. The van der Waals surface area contributed by atoms with Gasteiger partial charge in [0.05, 0.1) is 33.8 Å². The molecule has 0 bridgehead atoms. The second-order valence-corrected chi connectivity index (χ2v) is 9.13. The Hall–Kier alpha value is -2.62. The van der Waals surface area contributed by atoms with Crippen molar-refractivity contribution in [1.29, 1.82) is 0 Å². The minimum absolute atomic E-state index is 0.0239. The van der Waals surface area contributed by atoms with Gasteiger partial charge in [0.15, 0.2) is 0 Å². The molecule has 2 aromatic carbocycles. The molecule has 10 heteroatoms. The number of nitrogens with zero attached hydrogens (tertiary/aromatic N) is 1. The number of phenolic OH excluding ortho intramolecular Hbond substituents is 1. The molecule has 0 radical (unpaired) electrons. The molecule has 1 saturated heterocycles. The first-order valence-electron chi connectivity index (χ1n) is 9.26. The van der Waals surface area contributed by atoms with Gasteiger partial charge >= 0.3 is 5.97 Å². The summed E-state index contributed by atoms with van der Waals surface area (Å²) in [7, 11) is -2.53. The highest BCUT2D eigenvalue weighted by Gasteiger charge is 2.27. The molecule has 2 N–H and O–H groups in total.